The van der Waals surface area contributed by atoms with Crippen LogP contribution in [-0.2, 0) is 24.1 Å². The number of nitrogens with one attached hydrogen (secondary N) is 1. The first-order valence-corrected chi connectivity index (χ1v) is 6.56. The van der Waals surface area contributed by atoms with Crippen LogP contribution in [0.5, 0.6) is 0 Å². The Kier molecular flexibility index (Phi) is 5.04. The molecule has 2 rings (SSSR count). The maximum Gasteiger partial charge on any atom is 0.416 e. The van der Waals surface area contributed by atoms with E-state index in [2.05, 4.69) is 5.32 Å². The summed E-state index contributed by atoms with van der Waals surface area (Å²) in [6.07, 6.45) is -5.09. The van der Waals surface area contributed by atoms with Gasteiger partial charge in [0.1, 0.15) is 6.61 Å². The summed E-state index contributed by atoms with van der Waals surface area (Å²) in [6.45, 7) is 0.0762. The van der Waals surface area contributed by atoms with Gasteiger partial charge in [0, 0.05) is 6.54 Å². The molecule has 0 aliphatic carbocycles. The zero-order valence-corrected chi connectivity index (χ0v) is 11.6. The van der Waals surface area contributed by atoms with E-state index in [0.717, 1.165) is 17.7 Å². The highest BCUT2D eigenvalue weighted by Gasteiger charge is 2.30. The van der Waals surface area contributed by atoms with Crippen LogP contribution in [0.15, 0.2) is 54.6 Å². The van der Waals surface area contributed by atoms with Gasteiger partial charge in [-0.05, 0) is 23.3 Å². The van der Waals surface area contributed by atoms with Crippen LogP contribution in [0.2, 0.25) is 0 Å². The Balaban J connectivity index is 1.84. The molecule has 0 spiro atoms. The van der Waals surface area contributed by atoms with Gasteiger partial charge in [0.05, 0.1) is 5.56 Å². The number of hydrogen-bond acceptors (Lipinski definition) is 2. The molecule has 6 heteroatoms. The molecular weight excluding hydrogens is 295 g/mol. The largest absolute Gasteiger partial charge is 0.445 e. The van der Waals surface area contributed by atoms with Crippen LogP contribution in [0.3, 0.4) is 0 Å². The summed E-state index contributed by atoms with van der Waals surface area (Å²) < 4.78 is 42.6. The van der Waals surface area contributed by atoms with Crippen molar-refractivity contribution in [1.82, 2.24) is 5.32 Å². The van der Waals surface area contributed by atoms with Crippen molar-refractivity contribution in [3.63, 3.8) is 0 Å². The topological polar surface area (TPSA) is 38.3 Å². The van der Waals surface area contributed by atoms with Gasteiger partial charge in [-0.2, -0.15) is 13.2 Å². The second-order valence-corrected chi connectivity index (χ2v) is 4.61. The van der Waals surface area contributed by atoms with E-state index in [1.54, 1.807) is 0 Å². The molecule has 0 atom stereocenters. The molecular formula is C16H14F3NO2. The molecule has 22 heavy (non-hydrogen) atoms. The lowest BCUT2D eigenvalue weighted by Crippen LogP contribution is -2.23. The van der Waals surface area contributed by atoms with Crippen LogP contribution >= 0.6 is 0 Å². The monoisotopic (exact) mass is 309 g/mol. The van der Waals surface area contributed by atoms with Crippen molar-refractivity contribution >= 4 is 6.09 Å². The first kappa shape index (κ1) is 15.9. The Morgan fingerprint density at radius 3 is 2.36 bits per heavy atom. The average Bonchev–Trinajstić information content (AvgIpc) is 2.51. The normalized spacial score (nSPS) is 11.0. The molecule has 116 valence electrons. The summed E-state index contributed by atoms with van der Waals surface area (Å²) in [5, 5.41) is 2.53. The van der Waals surface area contributed by atoms with Gasteiger partial charge in [0.2, 0.25) is 0 Å². The highest BCUT2D eigenvalue weighted by atomic mass is 19.4. The molecule has 0 fully saturated rings. The summed E-state index contributed by atoms with van der Waals surface area (Å²) in [4.78, 5) is 11.5. The highest BCUT2D eigenvalue weighted by molar-refractivity contribution is 5.67. The van der Waals surface area contributed by atoms with Gasteiger partial charge >= 0.3 is 12.3 Å². The number of rotatable bonds is 4. The van der Waals surface area contributed by atoms with Crippen molar-refractivity contribution in [2.45, 2.75) is 19.3 Å². The molecule has 3 nitrogen and oxygen atoms in total. The lowest BCUT2D eigenvalue weighted by atomic mass is 10.1. The number of carbonyl (C=O) groups excluding carboxylic acids is 1. The van der Waals surface area contributed by atoms with E-state index in [4.69, 9.17) is 4.74 Å². The minimum Gasteiger partial charge on any atom is -0.445 e. The van der Waals surface area contributed by atoms with Gasteiger partial charge in [-0.25, -0.2) is 4.79 Å². The predicted octanol–water partition coefficient (Wildman–Crippen LogP) is 4.13. The standard InChI is InChI=1S/C16H14F3NO2/c17-16(18,19)14-8-4-7-13(9-14)11-22-15(21)20-10-12-5-2-1-3-6-12/h1-9H,10-11H2,(H,20,21). The highest BCUT2D eigenvalue weighted by Crippen LogP contribution is 2.29. The molecule has 0 radical (unpaired) electrons. The minimum absolute atomic E-state index is 0.218. The first-order chi connectivity index (χ1) is 10.4. The Hall–Kier alpha value is -2.50. The van der Waals surface area contributed by atoms with Crippen LogP contribution in [0.25, 0.3) is 0 Å². The van der Waals surface area contributed by atoms with Gasteiger partial charge in [-0.1, -0.05) is 42.5 Å². The van der Waals surface area contributed by atoms with Crippen molar-refractivity contribution in [2.24, 2.45) is 0 Å². The Labute approximate surface area is 125 Å². The van der Waals surface area contributed by atoms with E-state index in [1.807, 2.05) is 30.3 Å². The molecule has 0 aromatic heterocycles. The van der Waals surface area contributed by atoms with Crippen LogP contribution < -0.4 is 5.32 Å². The molecule has 0 heterocycles. The van der Waals surface area contributed by atoms with Crippen LogP contribution in [0, 0.1) is 0 Å². The lowest BCUT2D eigenvalue weighted by Gasteiger charge is -2.10. The SMILES string of the molecule is O=C(NCc1ccccc1)OCc1cccc(C(F)(F)F)c1. The summed E-state index contributed by atoms with van der Waals surface area (Å²) in [5.74, 6) is 0. The van der Waals surface area contributed by atoms with Crippen LogP contribution in [0.4, 0.5) is 18.0 Å². The van der Waals surface area contributed by atoms with Gasteiger partial charge < -0.3 is 10.1 Å². The Morgan fingerprint density at radius 1 is 1.00 bits per heavy atom. The fourth-order valence-electron chi connectivity index (χ4n) is 1.81. The number of alkyl carbamates (subject to hydrolysis) is 1. The third-order valence-electron chi connectivity index (χ3n) is 2.90. The van der Waals surface area contributed by atoms with Crippen molar-refractivity contribution in [3.05, 3.63) is 71.3 Å². The quantitative estimate of drug-likeness (QED) is 0.922. The smallest absolute Gasteiger partial charge is 0.416 e. The Morgan fingerprint density at radius 2 is 1.68 bits per heavy atom. The van der Waals surface area contributed by atoms with Gasteiger partial charge in [-0.15, -0.1) is 0 Å². The number of amides is 1. The zero-order chi connectivity index (χ0) is 16.0. The minimum atomic E-state index is -4.41. The lowest BCUT2D eigenvalue weighted by molar-refractivity contribution is -0.137. The molecule has 1 N–H and O–H groups in total. The molecule has 0 aliphatic heterocycles. The number of hydrogen-bond donors (Lipinski definition) is 1. The second kappa shape index (κ2) is 6.98. The van der Waals surface area contributed by atoms with E-state index in [1.165, 1.54) is 12.1 Å². The zero-order valence-electron chi connectivity index (χ0n) is 11.6. The molecule has 1 amide bonds. The first-order valence-electron chi connectivity index (χ1n) is 6.56. The molecule has 0 saturated heterocycles. The molecule has 0 bridgehead atoms. The maximum absolute atomic E-state index is 12.6. The fourth-order valence-corrected chi connectivity index (χ4v) is 1.81. The number of halogens is 3. The second-order valence-electron chi connectivity index (χ2n) is 4.61. The predicted molar refractivity (Wildman–Crippen MR) is 74.9 cm³/mol. The number of alkyl halides is 3. The van der Waals surface area contributed by atoms with Crippen molar-refractivity contribution < 1.29 is 22.7 Å². The van der Waals surface area contributed by atoms with Crippen LogP contribution in [-0.4, -0.2) is 6.09 Å². The molecule has 2 aromatic carbocycles. The third kappa shape index (κ3) is 4.80. The third-order valence-corrected chi connectivity index (χ3v) is 2.90. The number of benzene rings is 2. The van der Waals surface area contributed by atoms with E-state index in [9.17, 15) is 18.0 Å². The molecule has 0 aliphatic rings. The summed E-state index contributed by atoms with van der Waals surface area (Å²) in [5.41, 5.74) is 0.418. The van der Waals surface area contributed by atoms with Crippen molar-refractivity contribution in [1.29, 1.82) is 0 Å². The van der Waals surface area contributed by atoms with E-state index >= 15 is 0 Å². The van der Waals surface area contributed by atoms with E-state index in [-0.39, 0.29) is 12.2 Å². The van der Waals surface area contributed by atoms with E-state index < -0.39 is 17.8 Å². The molecule has 0 unspecified atom stereocenters. The Bertz CT molecular complexity index is 627. The van der Waals surface area contributed by atoms with Crippen molar-refractivity contribution in [3.8, 4) is 0 Å². The van der Waals surface area contributed by atoms with Crippen LogP contribution in [0.1, 0.15) is 16.7 Å². The summed E-state index contributed by atoms with van der Waals surface area (Å²) >= 11 is 0. The maximum atomic E-state index is 12.6. The molecule has 2 aromatic rings. The summed E-state index contributed by atoms with van der Waals surface area (Å²) in [7, 11) is 0. The fraction of sp³-hybridized carbons (Fsp3) is 0.188. The van der Waals surface area contributed by atoms with Crippen molar-refractivity contribution in [2.75, 3.05) is 0 Å². The average molecular weight is 309 g/mol. The number of ether oxygens (including phenoxy) is 1. The van der Waals surface area contributed by atoms with Gasteiger partial charge in [0.15, 0.2) is 0 Å². The van der Waals surface area contributed by atoms with E-state index in [0.29, 0.717) is 6.54 Å². The molecule has 0 saturated carbocycles. The van der Waals surface area contributed by atoms with Gasteiger partial charge in [-0.3, -0.25) is 0 Å². The summed E-state index contributed by atoms with van der Waals surface area (Å²) in [6, 6.07) is 13.9. The number of carbonyl (C=O) groups is 1. The van der Waals surface area contributed by atoms with Gasteiger partial charge in [0.25, 0.3) is 0 Å².